The molecule has 0 spiro atoms. The summed E-state index contributed by atoms with van der Waals surface area (Å²) in [5, 5.41) is 6.44. The minimum atomic E-state index is -0.821. The van der Waals surface area contributed by atoms with E-state index in [1.165, 1.54) is 15.8 Å². The van der Waals surface area contributed by atoms with Gasteiger partial charge in [0.05, 0.1) is 17.6 Å². The number of nitrogens with zero attached hydrogens (tertiary/aromatic N) is 3. The lowest BCUT2D eigenvalue weighted by atomic mass is 10.0. The third-order valence-electron chi connectivity index (χ3n) is 4.21. The van der Waals surface area contributed by atoms with Crippen LogP contribution >= 0.6 is 0 Å². The molecule has 0 saturated heterocycles. The fourth-order valence-electron chi connectivity index (χ4n) is 2.78. The summed E-state index contributed by atoms with van der Waals surface area (Å²) in [6.07, 6.45) is 1.46. The highest BCUT2D eigenvalue weighted by atomic mass is 16.2. The molecule has 1 heterocycles. The molecule has 0 bridgehead atoms. The molecule has 0 saturated carbocycles. The van der Waals surface area contributed by atoms with Crippen LogP contribution in [0.5, 0.6) is 0 Å². The van der Waals surface area contributed by atoms with Gasteiger partial charge < -0.3 is 21.7 Å². The van der Waals surface area contributed by atoms with Gasteiger partial charge in [-0.15, -0.1) is 0 Å². The number of nitrogens with two attached hydrogens (primary N) is 2. The number of anilines is 1. The maximum absolute atomic E-state index is 12.0. The van der Waals surface area contributed by atoms with Gasteiger partial charge in [-0.2, -0.15) is 5.10 Å². The number of amides is 4. The summed E-state index contributed by atoms with van der Waals surface area (Å²) in [6, 6.07) is 13.9. The highest BCUT2D eigenvalue weighted by Crippen LogP contribution is 2.23. The van der Waals surface area contributed by atoms with Crippen molar-refractivity contribution < 1.29 is 14.4 Å². The molecule has 0 aliphatic carbocycles. The van der Waals surface area contributed by atoms with Crippen molar-refractivity contribution >= 4 is 23.5 Å². The van der Waals surface area contributed by atoms with E-state index in [1.54, 1.807) is 38.4 Å². The molecule has 0 aliphatic heterocycles. The van der Waals surface area contributed by atoms with E-state index < -0.39 is 11.9 Å². The summed E-state index contributed by atoms with van der Waals surface area (Å²) >= 11 is 0. The van der Waals surface area contributed by atoms with Gasteiger partial charge in [0.1, 0.15) is 0 Å². The first-order valence-corrected chi connectivity index (χ1v) is 8.64. The Hall–Kier alpha value is -4.14. The van der Waals surface area contributed by atoms with Crippen molar-refractivity contribution in [1.82, 2.24) is 14.7 Å². The average molecular weight is 392 g/mol. The van der Waals surface area contributed by atoms with Crippen LogP contribution in [-0.2, 0) is 0 Å². The molecule has 0 radical (unpaired) electrons. The molecule has 3 rings (SSSR count). The highest BCUT2D eigenvalue weighted by molar-refractivity contribution is 6.00. The average Bonchev–Trinajstić information content (AvgIpc) is 3.11. The number of carbonyl (C=O) groups excluding carboxylic acids is 3. The van der Waals surface area contributed by atoms with E-state index in [1.807, 2.05) is 24.3 Å². The minimum Gasteiger partial charge on any atom is -0.364 e. The number of primary amides is 2. The van der Waals surface area contributed by atoms with Crippen molar-refractivity contribution in [3.05, 3.63) is 66.0 Å². The van der Waals surface area contributed by atoms with Crippen LogP contribution in [0.4, 0.5) is 10.5 Å². The van der Waals surface area contributed by atoms with Gasteiger partial charge in [0.15, 0.2) is 5.69 Å². The Morgan fingerprint density at radius 2 is 1.48 bits per heavy atom. The molecule has 2 aromatic carbocycles. The van der Waals surface area contributed by atoms with Gasteiger partial charge in [0.2, 0.25) is 0 Å². The first kappa shape index (κ1) is 19.6. The monoisotopic (exact) mass is 392 g/mol. The standard InChI is InChI=1S/C20H20N6O3/c1-25(2)19(28)14-5-3-12(4-6-14)13-7-9-15(10-8-13)26-11-16(23-20(22)29)17(24-26)18(21)27/h3-11H,1-2H3,(H2,21,27)(H3,22,23,29). The van der Waals surface area contributed by atoms with Gasteiger partial charge in [-0.05, 0) is 35.4 Å². The summed E-state index contributed by atoms with van der Waals surface area (Å²) in [5.74, 6) is -0.840. The number of urea groups is 1. The van der Waals surface area contributed by atoms with Crippen LogP contribution in [0.3, 0.4) is 0 Å². The van der Waals surface area contributed by atoms with Gasteiger partial charge in [-0.25, -0.2) is 9.48 Å². The maximum atomic E-state index is 12.0. The molecule has 0 aliphatic rings. The Morgan fingerprint density at radius 1 is 0.931 bits per heavy atom. The van der Waals surface area contributed by atoms with Crippen molar-refractivity contribution in [3.8, 4) is 16.8 Å². The zero-order valence-electron chi connectivity index (χ0n) is 15.9. The molecule has 148 valence electrons. The van der Waals surface area contributed by atoms with Gasteiger partial charge in [0, 0.05) is 19.7 Å². The molecule has 9 heteroatoms. The van der Waals surface area contributed by atoms with Crippen LogP contribution in [0.2, 0.25) is 0 Å². The first-order chi connectivity index (χ1) is 13.8. The van der Waals surface area contributed by atoms with E-state index in [9.17, 15) is 14.4 Å². The molecule has 1 aromatic heterocycles. The third kappa shape index (κ3) is 4.24. The first-order valence-electron chi connectivity index (χ1n) is 8.64. The second-order valence-electron chi connectivity index (χ2n) is 6.51. The molecular weight excluding hydrogens is 372 g/mol. The zero-order chi connectivity index (χ0) is 21.1. The lowest BCUT2D eigenvalue weighted by Gasteiger charge is -2.10. The van der Waals surface area contributed by atoms with E-state index in [0.717, 1.165) is 11.1 Å². The largest absolute Gasteiger partial charge is 0.364 e. The number of benzene rings is 2. The van der Waals surface area contributed by atoms with Crippen LogP contribution in [0.15, 0.2) is 54.7 Å². The number of rotatable bonds is 5. The second-order valence-corrected chi connectivity index (χ2v) is 6.51. The Labute approximate surface area is 166 Å². The molecule has 0 unspecified atom stereocenters. The van der Waals surface area contributed by atoms with Crippen molar-refractivity contribution in [2.45, 2.75) is 0 Å². The van der Waals surface area contributed by atoms with E-state index in [4.69, 9.17) is 11.5 Å². The smallest absolute Gasteiger partial charge is 0.316 e. The van der Waals surface area contributed by atoms with Gasteiger partial charge >= 0.3 is 6.03 Å². The predicted octanol–water partition coefficient (Wildman–Crippen LogP) is 1.83. The molecule has 5 N–H and O–H groups in total. The quantitative estimate of drug-likeness (QED) is 0.610. The summed E-state index contributed by atoms with van der Waals surface area (Å²) in [6.45, 7) is 0. The van der Waals surface area contributed by atoms with Crippen LogP contribution < -0.4 is 16.8 Å². The topological polar surface area (TPSA) is 136 Å². The summed E-state index contributed by atoms with van der Waals surface area (Å²) in [5.41, 5.74) is 13.6. The fourth-order valence-corrected chi connectivity index (χ4v) is 2.78. The van der Waals surface area contributed by atoms with Crippen LogP contribution in [-0.4, -0.2) is 46.6 Å². The van der Waals surface area contributed by atoms with Crippen molar-refractivity contribution in [1.29, 1.82) is 0 Å². The Morgan fingerprint density at radius 3 is 1.97 bits per heavy atom. The van der Waals surface area contributed by atoms with Crippen LogP contribution in [0.25, 0.3) is 16.8 Å². The summed E-state index contributed by atoms with van der Waals surface area (Å²) < 4.78 is 1.42. The molecule has 0 fully saturated rings. The Bertz CT molecular complexity index is 1070. The van der Waals surface area contributed by atoms with Crippen molar-refractivity contribution in [3.63, 3.8) is 0 Å². The summed E-state index contributed by atoms with van der Waals surface area (Å²) in [4.78, 5) is 36.1. The second kappa shape index (κ2) is 7.85. The molecular formula is C20H20N6O3. The van der Waals surface area contributed by atoms with E-state index in [0.29, 0.717) is 11.3 Å². The third-order valence-corrected chi connectivity index (χ3v) is 4.21. The Kier molecular flexibility index (Phi) is 5.31. The normalized spacial score (nSPS) is 10.4. The minimum absolute atomic E-state index is 0.0591. The van der Waals surface area contributed by atoms with Crippen LogP contribution in [0.1, 0.15) is 20.8 Å². The number of hydrogen-bond donors (Lipinski definition) is 3. The van der Waals surface area contributed by atoms with Crippen LogP contribution in [0, 0.1) is 0 Å². The Balaban J connectivity index is 1.86. The highest BCUT2D eigenvalue weighted by Gasteiger charge is 2.16. The maximum Gasteiger partial charge on any atom is 0.316 e. The molecule has 3 aromatic rings. The molecule has 9 nitrogen and oxygen atoms in total. The van der Waals surface area contributed by atoms with Crippen molar-refractivity contribution in [2.75, 3.05) is 19.4 Å². The van der Waals surface area contributed by atoms with E-state index >= 15 is 0 Å². The fraction of sp³-hybridized carbons (Fsp3) is 0.100. The molecule has 0 atom stereocenters. The van der Waals surface area contributed by atoms with Gasteiger partial charge in [0.25, 0.3) is 11.8 Å². The number of carbonyl (C=O) groups is 3. The number of aromatic nitrogens is 2. The van der Waals surface area contributed by atoms with Gasteiger partial charge in [-0.3, -0.25) is 9.59 Å². The van der Waals surface area contributed by atoms with E-state index in [2.05, 4.69) is 10.4 Å². The molecule has 29 heavy (non-hydrogen) atoms. The molecule has 4 amide bonds. The van der Waals surface area contributed by atoms with Crippen molar-refractivity contribution in [2.24, 2.45) is 11.5 Å². The SMILES string of the molecule is CN(C)C(=O)c1ccc(-c2ccc(-n3cc(NC(N)=O)c(C(N)=O)n3)cc2)cc1. The van der Waals surface area contributed by atoms with E-state index in [-0.39, 0.29) is 17.3 Å². The summed E-state index contributed by atoms with van der Waals surface area (Å²) in [7, 11) is 3.41. The van der Waals surface area contributed by atoms with Gasteiger partial charge in [-0.1, -0.05) is 24.3 Å². The number of nitrogens with one attached hydrogen (secondary N) is 1. The predicted molar refractivity (Wildman–Crippen MR) is 109 cm³/mol. The lowest BCUT2D eigenvalue weighted by Crippen LogP contribution is -2.22. The zero-order valence-corrected chi connectivity index (χ0v) is 15.9. The number of hydrogen-bond acceptors (Lipinski definition) is 4. The lowest BCUT2D eigenvalue weighted by molar-refractivity contribution is 0.0827.